The number of hydrogen-bond acceptors (Lipinski definition) is 5. The Morgan fingerprint density at radius 1 is 1.46 bits per heavy atom. The lowest BCUT2D eigenvalue weighted by Crippen LogP contribution is -2.10. The lowest BCUT2D eigenvalue weighted by Gasteiger charge is -2.05. The SMILES string of the molecule is COCCOc1cccc(NN)n1. The summed E-state index contributed by atoms with van der Waals surface area (Å²) in [5.74, 6) is 6.29. The smallest absolute Gasteiger partial charge is 0.215 e. The molecule has 1 heterocycles. The minimum Gasteiger partial charge on any atom is -0.475 e. The molecule has 0 aliphatic rings. The molecule has 0 radical (unpaired) electrons. The Labute approximate surface area is 76.8 Å². The van der Waals surface area contributed by atoms with Gasteiger partial charge in [0.05, 0.1) is 6.61 Å². The molecule has 72 valence electrons. The molecule has 0 fully saturated rings. The predicted octanol–water partition coefficient (Wildman–Crippen LogP) is 0.392. The molecule has 0 aliphatic carbocycles. The third kappa shape index (κ3) is 3.27. The largest absolute Gasteiger partial charge is 0.475 e. The first-order valence-corrected chi connectivity index (χ1v) is 3.92. The van der Waals surface area contributed by atoms with Crippen LogP contribution in [0.5, 0.6) is 5.88 Å². The number of aromatic nitrogens is 1. The molecular formula is C8H13N3O2. The van der Waals surface area contributed by atoms with Gasteiger partial charge in [0.25, 0.3) is 0 Å². The number of nitrogens with zero attached hydrogens (tertiary/aromatic N) is 1. The summed E-state index contributed by atoms with van der Waals surface area (Å²) in [5, 5.41) is 0. The molecule has 0 bridgehead atoms. The van der Waals surface area contributed by atoms with Gasteiger partial charge < -0.3 is 14.9 Å². The average molecular weight is 183 g/mol. The number of nitrogens with two attached hydrogens (primary N) is 1. The molecule has 0 spiro atoms. The fourth-order valence-electron chi connectivity index (χ4n) is 0.805. The van der Waals surface area contributed by atoms with Crippen LogP contribution >= 0.6 is 0 Å². The summed E-state index contributed by atoms with van der Waals surface area (Å²) in [4.78, 5) is 4.05. The molecule has 0 saturated carbocycles. The summed E-state index contributed by atoms with van der Waals surface area (Å²) < 4.78 is 10.1. The van der Waals surface area contributed by atoms with E-state index in [-0.39, 0.29) is 0 Å². The van der Waals surface area contributed by atoms with Crippen molar-refractivity contribution in [1.82, 2.24) is 4.98 Å². The highest BCUT2D eigenvalue weighted by Gasteiger charge is 1.95. The average Bonchev–Trinajstić information content (AvgIpc) is 2.19. The highest BCUT2D eigenvalue weighted by Crippen LogP contribution is 2.09. The number of ether oxygens (including phenoxy) is 2. The molecule has 0 atom stereocenters. The summed E-state index contributed by atoms with van der Waals surface area (Å²) in [6.45, 7) is 1.03. The predicted molar refractivity (Wildman–Crippen MR) is 49.4 cm³/mol. The van der Waals surface area contributed by atoms with Crippen molar-refractivity contribution in [2.24, 2.45) is 5.84 Å². The van der Waals surface area contributed by atoms with Crippen LogP contribution in [-0.4, -0.2) is 25.3 Å². The van der Waals surface area contributed by atoms with Crippen LogP contribution in [0.25, 0.3) is 0 Å². The monoisotopic (exact) mass is 183 g/mol. The molecule has 1 rings (SSSR count). The van der Waals surface area contributed by atoms with E-state index in [0.29, 0.717) is 24.9 Å². The van der Waals surface area contributed by atoms with E-state index >= 15 is 0 Å². The Kier molecular flexibility index (Phi) is 4.01. The Balaban J connectivity index is 2.46. The van der Waals surface area contributed by atoms with Crippen LogP contribution in [0, 0.1) is 0 Å². The second kappa shape index (κ2) is 5.34. The van der Waals surface area contributed by atoms with E-state index in [1.807, 2.05) is 6.07 Å². The van der Waals surface area contributed by atoms with Crippen molar-refractivity contribution in [2.45, 2.75) is 0 Å². The Hall–Kier alpha value is -1.33. The zero-order chi connectivity index (χ0) is 9.52. The molecule has 0 aromatic carbocycles. The highest BCUT2D eigenvalue weighted by molar-refractivity contribution is 5.35. The Morgan fingerprint density at radius 3 is 3.00 bits per heavy atom. The van der Waals surface area contributed by atoms with Crippen molar-refractivity contribution in [3.63, 3.8) is 0 Å². The number of methoxy groups -OCH3 is 1. The topological polar surface area (TPSA) is 69.4 Å². The number of nitrogens with one attached hydrogen (secondary N) is 1. The fourth-order valence-corrected chi connectivity index (χ4v) is 0.805. The van der Waals surface area contributed by atoms with Gasteiger partial charge in [-0.1, -0.05) is 6.07 Å². The first-order chi connectivity index (χ1) is 6.36. The number of pyridine rings is 1. The summed E-state index contributed by atoms with van der Waals surface area (Å²) in [6, 6.07) is 5.32. The molecular weight excluding hydrogens is 170 g/mol. The summed E-state index contributed by atoms with van der Waals surface area (Å²) in [7, 11) is 1.62. The number of anilines is 1. The van der Waals surface area contributed by atoms with Gasteiger partial charge in [0.15, 0.2) is 0 Å². The second-order valence-electron chi connectivity index (χ2n) is 2.35. The van der Waals surface area contributed by atoms with Crippen LogP contribution in [0.3, 0.4) is 0 Å². The van der Waals surface area contributed by atoms with E-state index in [1.54, 1.807) is 19.2 Å². The van der Waals surface area contributed by atoms with E-state index in [2.05, 4.69) is 10.4 Å². The maximum atomic E-state index is 5.26. The minimum atomic E-state index is 0.484. The van der Waals surface area contributed by atoms with Gasteiger partial charge in [-0.3, -0.25) is 0 Å². The minimum absolute atomic E-state index is 0.484. The van der Waals surface area contributed by atoms with Gasteiger partial charge in [-0.15, -0.1) is 0 Å². The van der Waals surface area contributed by atoms with Gasteiger partial charge in [-0.25, -0.2) is 5.84 Å². The van der Waals surface area contributed by atoms with Gasteiger partial charge in [0.1, 0.15) is 12.4 Å². The van der Waals surface area contributed by atoms with Gasteiger partial charge in [0.2, 0.25) is 5.88 Å². The lowest BCUT2D eigenvalue weighted by molar-refractivity contribution is 0.144. The standard InChI is InChI=1S/C8H13N3O2/c1-12-5-6-13-8-4-2-3-7(10-8)11-9/h2-4H,5-6,9H2,1H3,(H,10,11). The van der Waals surface area contributed by atoms with Crippen molar-refractivity contribution in [3.05, 3.63) is 18.2 Å². The van der Waals surface area contributed by atoms with Gasteiger partial charge in [0, 0.05) is 13.2 Å². The van der Waals surface area contributed by atoms with E-state index < -0.39 is 0 Å². The van der Waals surface area contributed by atoms with Crippen molar-refractivity contribution in [1.29, 1.82) is 0 Å². The number of nitrogen functional groups attached to an aromatic ring is 1. The third-order valence-electron chi connectivity index (χ3n) is 1.41. The molecule has 0 saturated heterocycles. The van der Waals surface area contributed by atoms with Gasteiger partial charge >= 0.3 is 0 Å². The van der Waals surface area contributed by atoms with Gasteiger partial charge in [-0.2, -0.15) is 4.98 Å². The zero-order valence-electron chi connectivity index (χ0n) is 7.49. The van der Waals surface area contributed by atoms with Gasteiger partial charge in [-0.05, 0) is 6.07 Å². The third-order valence-corrected chi connectivity index (χ3v) is 1.41. The molecule has 0 aliphatic heterocycles. The quantitative estimate of drug-likeness (QED) is 0.392. The second-order valence-corrected chi connectivity index (χ2v) is 2.35. The molecule has 5 nitrogen and oxygen atoms in total. The van der Waals surface area contributed by atoms with E-state index in [9.17, 15) is 0 Å². The molecule has 5 heteroatoms. The van der Waals surface area contributed by atoms with Crippen LogP contribution in [0.1, 0.15) is 0 Å². The molecule has 1 aromatic rings. The molecule has 0 amide bonds. The molecule has 1 aromatic heterocycles. The number of rotatable bonds is 5. The van der Waals surface area contributed by atoms with Crippen LogP contribution in [-0.2, 0) is 4.74 Å². The van der Waals surface area contributed by atoms with Crippen molar-refractivity contribution < 1.29 is 9.47 Å². The van der Waals surface area contributed by atoms with E-state index in [4.69, 9.17) is 15.3 Å². The van der Waals surface area contributed by atoms with Crippen molar-refractivity contribution in [2.75, 3.05) is 25.7 Å². The van der Waals surface area contributed by atoms with E-state index in [0.717, 1.165) is 0 Å². The molecule has 13 heavy (non-hydrogen) atoms. The van der Waals surface area contributed by atoms with E-state index in [1.165, 1.54) is 0 Å². The zero-order valence-corrected chi connectivity index (χ0v) is 7.49. The van der Waals surface area contributed by atoms with Crippen molar-refractivity contribution in [3.8, 4) is 5.88 Å². The summed E-state index contributed by atoms with van der Waals surface area (Å²) in [6.07, 6.45) is 0. The number of hydrogen-bond donors (Lipinski definition) is 2. The first kappa shape index (κ1) is 9.76. The maximum absolute atomic E-state index is 5.26. The molecule has 3 N–H and O–H groups in total. The summed E-state index contributed by atoms with van der Waals surface area (Å²) >= 11 is 0. The number of hydrazine groups is 1. The van der Waals surface area contributed by atoms with Crippen LogP contribution in [0.4, 0.5) is 5.82 Å². The highest BCUT2D eigenvalue weighted by atomic mass is 16.5. The fraction of sp³-hybridized carbons (Fsp3) is 0.375. The van der Waals surface area contributed by atoms with Crippen LogP contribution in [0.2, 0.25) is 0 Å². The maximum Gasteiger partial charge on any atom is 0.215 e. The normalized spacial score (nSPS) is 9.69. The first-order valence-electron chi connectivity index (χ1n) is 3.92. The lowest BCUT2D eigenvalue weighted by atomic mass is 10.4. The van der Waals surface area contributed by atoms with Crippen LogP contribution in [0.15, 0.2) is 18.2 Å². The Morgan fingerprint density at radius 2 is 2.31 bits per heavy atom. The molecule has 0 unspecified atom stereocenters. The van der Waals surface area contributed by atoms with Crippen molar-refractivity contribution >= 4 is 5.82 Å². The summed E-state index contributed by atoms with van der Waals surface area (Å²) in [5.41, 5.74) is 2.44. The van der Waals surface area contributed by atoms with Crippen LogP contribution < -0.4 is 16.0 Å². The Bertz CT molecular complexity index is 255.